The molecule has 4 heteroatoms. The van der Waals surface area contributed by atoms with Gasteiger partial charge in [-0.2, -0.15) is 12.6 Å². The van der Waals surface area contributed by atoms with Crippen LogP contribution in [0.25, 0.3) is 0 Å². The highest BCUT2D eigenvalue weighted by atomic mass is 32.3. The van der Waals surface area contributed by atoms with E-state index in [0.29, 0.717) is 3.41 Å². The lowest BCUT2D eigenvalue weighted by atomic mass is 10.6. The maximum atomic E-state index is 4.22. The minimum Gasteiger partial charge on any atom is -0.168 e. The van der Waals surface area contributed by atoms with Gasteiger partial charge in [-0.3, -0.25) is 0 Å². The molecule has 0 aromatic carbocycles. The van der Waals surface area contributed by atoms with Crippen molar-refractivity contribution in [1.29, 1.82) is 0 Å². The maximum Gasteiger partial charge on any atom is 0.104 e. The van der Waals surface area contributed by atoms with Gasteiger partial charge < -0.3 is 0 Å². The van der Waals surface area contributed by atoms with Crippen molar-refractivity contribution in [3.05, 3.63) is 0 Å². The highest BCUT2D eigenvalue weighted by molar-refractivity contribution is 8.35. The lowest BCUT2D eigenvalue weighted by Gasteiger charge is -2.30. The normalized spacial score (nSPS) is 24.6. The zero-order valence-electron chi connectivity index (χ0n) is 6.00. The molecule has 0 nitrogen and oxygen atoms in total. The third kappa shape index (κ3) is 2.80. The van der Waals surface area contributed by atoms with Crippen molar-refractivity contribution in [3.63, 3.8) is 0 Å². The van der Waals surface area contributed by atoms with Crippen LogP contribution in [-0.4, -0.2) is 20.0 Å². The number of thiol groups is 1. The third-order valence-corrected chi connectivity index (χ3v) is 6.54. The predicted molar refractivity (Wildman–Crippen MR) is 59.4 cm³/mol. The average Bonchev–Trinajstić information content (AvgIpc) is 1.89. The first-order valence-corrected chi connectivity index (χ1v) is 6.88. The number of thioether (sulfide) groups is 3. The van der Waals surface area contributed by atoms with E-state index in [1.165, 1.54) is 17.9 Å². The van der Waals surface area contributed by atoms with Crippen LogP contribution in [0.3, 0.4) is 0 Å². The molecule has 0 saturated carbocycles. The van der Waals surface area contributed by atoms with Crippen LogP contribution in [0.1, 0.15) is 13.3 Å². The van der Waals surface area contributed by atoms with Gasteiger partial charge in [0.2, 0.25) is 0 Å². The Hall–Kier alpha value is 1.40. The van der Waals surface area contributed by atoms with E-state index in [1.807, 2.05) is 11.8 Å². The van der Waals surface area contributed by atoms with E-state index in [2.05, 4.69) is 43.1 Å². The molecule has 1 rings (SSSR count). The summed E-state index contributed by atoms with van der Waals surface area (Å²) in [6, 6.07) is 0. The topological polar surface area (TPSA) is 0 Å². The fourth-order valence-corrected chi connectivity index (χ4v) is 6.20. The summed E-state index contributed by atoms with van der Waals surface area (Å²) < 4.78 is 0.403. The van der Waals surface area contributed by atoms with Gasteiger partial charge in [0.25, 0.3) is 0 Å². The van der Waals surface area contributed by atoms with Gasteiger partial charge in [0.05, 0.1) is 0 Å². The van der Waals surface area contributed by atoms with Gasteiger partial charge in [-0.15, -0.1) is 35.3 Å². The molecule has 60 valence electrons. The Morgan fingerprint density at radius 2 is 2.10 bits per heavy atom. The highest BCUT2D eigenvalue weighted by Gasteiger charge is 2.27. The smallest absolute Gasteiger partial charge is 0.104 e. The molecule has 0 atom stereocenters. The van der Waals surface area contributed by atoms with Gasteiger partial charge in [0, 0.05) is 5.08 Å². The van der Waals surface area contributed by atoms with Gasteiger partial charge in [0.1, 0.15) is 3.41 Å². The van der Waals surface area contributed by atoms with Crippen LogP contribution < -0.4 is 0 Å². The van der Waals surface area contributed by atoms with Crippen molar-refractivity contribution in [2.45, 2.75) is 16.8 Å². The van der Waals surface area contributed by atoms with Crippen LogP contribution in [-0.2, 0) is 0 Å². The molecule has 10 heavy (non-hydrogen) atoms. The van der Waals surface area contributed by atoms with Gasteiger partial charge in [-0.05, 0) is 24.9 Å². The summed E-state index contributed by atoms with van der Waals surface area (Å²) >= 11 is 10.3. The Balaban J connectivity index is 2.32. The van der Waals surface area contributed by atoms with E-state index in [-0.39, 0.29) is 0 Å². The summed E-state index contributed by atoms with van der Waals surface area (Å²) in [6.07, 6.45) is 1.37. The summed E-state index contributed by atoms with van der Waals surface area (Å²) in [7, 11) is 0. The van der Waals surface area contributed by atoms with E-state index in [1.54, 1.807) is 0 Å². The number of hydrogen-bond donors (Lipinski definition) is 1. The quantitative estimate of drug-likeness (QED) is 0.552. The SMILES string of the molecule is CC1(SCS)SCCCS1. The maximum absolute atomic E-state index is 4.22. The molecule has 0 amide bonds. The molecule has 1 aliphatic rings. The lowest BCUT2D eigenvalue weighted by Crippen LogP contribution is -2.16. The van der Waals surface area contributed by atoms with Crippen LogP contribution in [0.4, 0.5) is 0 Å². The highest BCUT2D eigenvalue weighted by Crippen LogP contribution is 2.49. The van der Waals surface area contributed by atoms with Crippen LogP contribution in [0.2, 0.25) is 0 Å². The molecule has 1 saturated heterocycles. The molecule has 0 spiro atoms. The minimum absolute atomic E-state index is 0.403. The summed E-state index contributed by atoms with van der Waals surface area (Å²) in [5.41, 5.74) is 0. The fourth-order valence-electron chi connectivity index (χ4n) is 0.816. The zero-order valence-corrected chi connectivity index (χ0v) is 9.34. The second kappa shape index (κ2) is 4.43. The fraction of sp³-hybridized carbons (Fsp3) is 1.00. The van der Waals surface area contributed by atoms with Crippen LogP contribution in [0.15, 0.2) is 0 Å². The molecule has 1 heterocycles. The zero-order chi connectivity index (χ0) is 7.45. The van der Waals surface area contributed by atoms with Crippen molar-refractivity contribution < 1.29 is 0 Å². The number of hydrogen-bond acceptors (Lipinski definition) is 4. The largest absolute Gasteiger partial charge is 0.168 e. The Morgan fingerprint density at radius 3 is 2.60 bits per heavy atom. The van der Waals surface area contributed by atoms with E-state index in [0.717, 1.165) is 5.08 Å². The van der Waals surface area contributed by atoms with Crippen LogP contribution >= 0.6 is 47.9 Å². The second-order valence-electron chi connectivity index (χ2n) is 2.19. The molecule has 1 fully saturated rings. The molecule has 0 aromatic heterocycles. The average molecular weight is 212 g/mol. The van der Waals surface area contributed by atoms with Gasteiger partial charge >= 0.3 is 0 Å². The molecular formula is C6H12S4. The Bertz CT molecular complexity index is 92.4. The molecule has 0 aromatic rings. The Labute approximate surface area is 81.1 Å². The van der Waals surface area contributed by atoms with Crippen molar-refractivity contribution in [2.75, 3.05) is 16.6 Å². The third-order valence-electron chi connectivity index (χ3n) is 1.34. The monoisotopic (exact) mass is 212 g/mol. The molecule has 0 N–H and O–H groups in total. The lowest BCUT2D eigenvalue weighted by molar-refractivity contribution is 1.09. The molecule has 0 aliphatic carbocycles. The Morgan fingerprint density at radius 1 is 1.50 bits per heavy atom. The molecular weight excluding hydrogens is 200 g/mol. The van der Waals surface area contributed by atoms with Crippen LogP contribution in [0.5, 0.6) is 0 Å². The van der Waals surface area contributed by atoms with E-state index >= 15 is 0 Å². The summed E-state index contributed by atoms with van der Waals surface area (Å²) in [5.74, 6) is 2.65. The summed E-state index contributed by atoms with van der Waals surface area (Å²) in [5, 5.41) is 0.941. The summed E-state index contributed by atoms with van der Waals surface area (Å²) in [4.78, 5) is 0. The van der Waals surface area contributed by atoms with Gasteiger partial charge in [0.15, 0.2) is 0 Å². The second-order valence-corrected chi connectivity index (χ2v) is 8.13. The van der Waals surface area contributed by atoms with Crippen molar-refractivity contribution in [1.82, 2.24) is 0 Å². The summed E-state index contributed by atoms with van der Waals surface area (Å²) in [6.45, 7) is 2.31. The number of rotatable bonds is 2. The van der Waals surface area contributed by atoms with Gasteiger partial charge in [-0.25, -0.2) is 0 Å². The van der Waals surface area contributed by atoms with E-state index < -0.39 is 0 Å². The molecule has 0 radical (unpaired) electrons. The minimum atomic E-state index is 0.403. The van der Waals surface area contributed by atoms with Crippen molar-refractivity contribution in [3.8, 4) is 0 Å². The first-order chi connectivity index (χ1) is 4.77. The molecule has 0 unspecified atom stereocenters. The molecule has 1 aliphatic heterocycles. The van der Waals surface area contributed by atoms with Crippen molar-refractivity contribution in [2.24, 2.45) is 0 Å². The Kier molecular flexibility index (Phi) is 4.20. The van der Waals surface area contributed by atoms with E-state index in [9.17, 15) is 0 Å². The van der Waals surface area contributed by atoms with Crippen LogP contribution in [0, 0.1) is 0 Å². The predicted octanol–water partition coefficient (Wildman–Crippen LogP) is 3.15. The van der Waals surface area contributed by atoms with E-state index in [4.69, 9.17) is 0 Å². The first kappa shape index (κ1) is 9.49. The first-order valence-electron chi connectivity index (χ1n) is 3.29. The molecule has 0 bridgehead atoms. The van der Waals surface area contributed by atoms with Crippen molar-refractivity contribution >= 4 is 47.9 Å². The van der Waals surface area contributed by atoms with Gasteiger partial charge in [-0.1, -0.05) is 0 Å². The standard InChI is InChI=1S/C6H12S4/c1-6(10-5-7)8-3-2-4-9-6/h7H,2-5H2,1H3.